The van der Waals surface area contributed by atoms with E-state index in [1.807, 2.05) is 18.2 Å². The maximum atomic E-state index is 13.5. The van der Waals surface area contributed by atoms with Crippen molar-refractivity contribution in [3.05, 3.63) is 70.3 Å². The van der Waals surface area contributed by atoms with Crippen LogP contribution in [0.25, 0.3) is 0 Å². The smallest absolute Gasteiger partial charge is 0.264 e. The number of anilines is 1. The van der Waals surface area contributed by atoms with Crippen LogP contribution in [-0.4, -0.2) is 57.1 Å². The van der Waals surface area contributed by atoms with Crippen molar-refractivity contribution >= 4 is 33.2 Å². The number of amides is 1. The lowest BCUT2D eigenvalue weighted by Crippen LogP contribution is -2.49. The van der Waals surface area contributed by atoms with Gasteiger partial charge in [0.2, 0.25) is 10.0 Å². The van der Waals surface area contributed by atoms with E-state index in [4.69, 9.17) is 21.1 Å². The van der Waals surface area contributed by atoms with Crippen LogP contribution in [0.1, 0.15) is 60.5 Å². The van der Waals surface area contributed by atoms with Crippen LogP contribution >= 0.6 is 11.6 Å². The molecule has 2 aliphatic heterocycles. The minimum atomic E-state index is -4.14. The number of methoxy groups -OCH3 is 1. The molecule has 0 unspecified atom stereocenters. The molecule has 5 rings (SSSR count). The van der Waals surface area contributed by atoms with Gasteiger partial charge in [0, 0.05) is 30.8 Å². The summed E-state index contributed by atoms with van der Waals surface area (Å²) in [5, 5.41) is 11.8. The van der Waals surface area contributed by atoms with Crippen molar-refractivity contribution in [3.8, 4) is 5.75 Å². The van der Waals surface area contributed by atoms with Gasteiger partial charge in [-0.2, -0.15) is 0 Å². The molecule has 2 aromatic carbocycles. The number of aliphatic hydroxyl groups excluding tert-OH is 1. The quantitative estimate of drug-likeness (QED) is 0.472. The standard InChI is InChI=1S/C31H39ClN2O6S/c1-31(20-39-2)14-5-7-28(35)26-12-9-23(26)18-34-15-4-3-6-21-16-25(32)11-8-24(21)19-40-29-13-10-22(17-27(29)34)30(36)33-41(31,37)38/h5,7-8,10-11,13,16-17,23,26,28,35H,3-4,6,9,12,14-15,18-20H2,1-2H3,(H,33,36)/b7-5+/t23-,26+,28-,31-/m0/s1. The first-order chi connectivity index (χ1) is 19.6. The number of carbonyl (C=O) groups is 1. The number of hydrogen-bond acceptors (Lipinski definition) is 7. The number of fused-ring (bicyclic) bond motifs is 3. The van der Waals surface area contributed by atoms with E-state index in [1.165, 1.54) is 7.11 Å². The Balaban J connectivity index is 1.56. The average molecular weight is 603 g/mol. The van der Waals surface area contributed by atoms with Crippen LogP contribution in [-0.2, 0) is 27.8 Å². The second kappa shape index (κ2) is 12.3. The predicted molar refractivity (Wildman–Crippen MR) is 160 cm³/mol. The van der Waals surface area contributed by atoms with Crippen LogP contribution in [0, 0.1) is 11.8 Å². The number of rotatable bonds is 2. The molecule has 2 aromatic rings. The fourth-order valence-corrected chi connectivity index (χ4v) is 7.48. The molecule has 2 N–H and O–H groups in total. The van der Waals surface area contributed by atoms with Crippen molar-refractivity contribution in [2.75, 3.05) is 31.7 Å². The van der Waals surface area contributed by atoms with Crippen molar-refractivity contribution in [1.82, 2.24) is 4.72 Å². The highest BCUT2D eigenvalue weighted by atomic mass is 35.5. The summed E-state index contributed by atoms with van der Waals surface area (Å²) >= 11 is 6.29. The Labute approximate surface area is 247 Å². The van der Waals surface area contributed by atoms with Crippen molar-refractivity contribution in [2.45, 2.75) is 62.9 Å². The molecule has 2 bridgehead atoms. The number of carbonyl (C=O) groups excluding carboxylic acids is 1. The molecule has 1 saturated carbocycles. The molecule has 1 aliphatic carbocycles. The van der Waals surface area contributed by atoms with Gasteiger partial charge in [-0.1, -0.05) is 29.8 Å². The number of benzene rings is 2. The van der Waals surface area contributed by atoms with Gasteiger partial charge in [0.1, 0.15) is 17.1 Å². The van der Waals surface area contributed by atoms with Gasteiger partial charge < -0.3 is 19.5 Å². The summed E-state index contributed by atoms with van der Waals surface area (Å²) in [5.41, 5.74) is 3.21. The lowest BCUT2D eigenvalue weighted by atomic mass is 9.70. The van der Waals surface area contributed by atoms with Crippen LogP contribution in [0.5, 0.6) is 5.75 Å². The van der Waals surface area contributed by atoms with Gasteiger partial charge in [-0.3, -0.25) is 4.79 Å². The van der Waals surface area contributed by atoms with Crippen molar-refractivity contribution in [1.29, 1.82) is 0 Å². The second-order valence-corrected chi connectivity index (χ2v) is 14.4. The Hall–Kier alpha value is -2.59. The van der Waals surface area contributed by atoms with E-state index in [0.29, 0.717) is 23.9 Å². The first kappa shape index (κ1) is 29.9. The molecule has 10 heteroatoms. The maximum Gasteiger partial charge on any atom is 0.264 e. The molecule has 2 heterocycles. The molecular weight excluding hydrogens is 564 g/mol. The molecule has 4 atom stereocenters. The highest BCUT2D eigenvalue weighted by Gasteiger charge is 2.41. The summed E-state index contributed by atoms with van der Waals surface area (Å²) in [6, 6.07) is 10.9. The highest BCUT2D eigenvalue weighted by Crippen LogP contribution is 2.41. The van der Waals surface area contributed by atoms with Gasteiger partial charge in [-0.15, -0.1) is 0 Å². The normalized spacial score (nSPS) is 29.1. The summed E-state index contributed by atoms with van der Waals surface area (Å²) in [6.45, 7) is 3.22. The van der Waals surface area contributed by atoms with Crippen LogP contribution in [0.15, 0.2) is 48.6 Å². The Kier molecular flexibility index (Phi) is 8.99. The number of allylic oxidation sites excluding steroid dienone is 1. The molecule has 0 aromatic heterocycles. The molecule has 8 nitrogen and oxygen atoms in total. The number of nitrogens with zero attached hydrogens (tertiary/aromatic N) is 1. The molecule has 1 fully saturated rings. The summed E-state index contributed by atoms with van der Waals surface area (Å²) in [6.07, 6.45) is 7.43. The number of nitrogens with one attached hydrogen (secondary N) is 1. The minimum absolute atomic E-state index is 0.0681. The lowest BCUT2D eigenvalue weighted by molar-refractivity contribution is 0.0460. The van der Waals surface area contributed by atoms with E-state index in [-0.39, 0.29) is 30.4 Å². The molecule has 0 spiro atoms. The molecular formula is C31H39ClN2O6S. The fraction of sp³-hybridized carbons (Fsp3) is 0.516. The third-order valence-corrected chi connectivity index (χ3v) is 11.1. The van der Waals surface area contributed by atoms with Crippen LogP contribution in [0.2, 0.25) is 5.02 Å². The van der Waals surface area contributed by atoms with Gasteiger partial charge >= 0.3 is 0 Å². The van der Waals surface area contributed by atoms with Crippen LogP contribution in [0.4, 0.5) is 5.69 Å². The lowest BCUT2D eigenvalue weighted by Gasteiger charge is -2.42. The number of sulfonamides is 1. The van der Waals surface area contributed by atoms with Crippen molar-refractivity contribution < 1.29 is 27.8 Å². The molecule has 3 aliphatic rings. The molecule has 0 radical (unpaired) electrons. The predicted octanol–water partition coefficient (Wildman–Crippen LogP) is 4.87. The van der Waals surface area contributed by atoms with Gasteiger partial charge in [0.05, 0.1) is 18.4 Å². The maximum absolute atomic E-state index is 13.5. The largest absolute Gasteiger partial charge is 0.487 e. The number of hydrogen-bond donors (Lipinski definition) is 2. The van der Waals surface area contributed by atoms with Gasteiger partial charge in [0.15, 0.2) is 0 Å². The number of aliphatic hydroxyl groups is 1. The van der Waals surface area contributed by atoms with Crippen LogP contribution < -0.4 is 14.4 Å². The third kappa shape index (κ3) is 6.43. The molecule has 0 saturated heterocycles. The number of halogens is 1. The molecule has 222 valence electrons. The Morgan fingerprint density at radius 1 is 1.17 bits per heavy atom. The Bertz CT molecular complexity index is 1410. The zero-order chi connectivity index (χ0) is 29.2. The monoisotopic (exact) mass is 602 g/mol. The summed E-state index contributed by atoms with van der Waals surface area (Å²) < 4.78 is 39.4. The van der Waals surface area contributed by atoms with Gasteiger partial charge in [0.25, 0.3) is 5.91 Å². The summed E-state index contributed by atoms with van der Waals surface area (Å²) in [5.74, 6) is 0.237. The van der Waals surface area contributed by atoms with E-state index in [2.05, 4.69) is 9.62 Å². The van der Waals surface area contributed by atoms with Gasteiger partial charge in [-0.25, -0.2) is 13.1 Å². The second-order valence-electron chi connectivity index (χ2n) is 11.7. The topological polar surface area (TPSA) is 105 Å². The highest BCUT2D eigenvalue weighted by molar-refractivity contribution is 7.91. The van der Waals surface area contributed by atoms with E-state index >= 15 is 0 Å². The third-order valence-electron chi connectivity index (χ3n) is 8.82. The fourth-order valence-electron chi connectivity index (χ4n) is 6.09. The van der Waals surface area contributed by atoms with E-state index in [9.17, 15) is 18.3 Å². The molecule has 41 heavy (non-hydrogen) atoms. The first-order valence-corrected chi connectivity index (χ1v) is 16.2. The number of aryl methyl sites for hydroxylation is 1. The zero-order valence-electron chi connectivity index (χ0n) is 23.6. The van der Waals surface area contributed by atoms with Gasteiger partial charge in [-0.05, 0) is 98.7 Å². The Morgan fingerprint density at radius 2 is 2.00 bits per heavy atom. The van der Waals surface area contributed by atoms with E-state index < -0.39 is 26.8 Å². The minimum Gasteiger partial charge on any atom is -0.487 e. The summed E-state index contributed by atoms with van der Waals surface area (Å²) in [7, 11) is -2.71. The van der Waals surface area contributed by atoms with Crippen molar-refractivity contribution in [3.63, 3.8) is 0 Å². The zero-order valence-corrected chi connectivity index (χ0v) is 25.2. The van der Waals surface area contributed by atoms with E-state index in [0.717, 1.165) is 55.5 Å². The van der Waals surface area contributed by atoms with Crippen LogP contribution in [0.3, 0.4) is 0 Å². The van der Waals surface area contributed by atoms with Crippen molar-refractivity contribution in [2.24, 2.45) is 11.8 Å². The SMILES string of the molecule is COC[C@]1(C)C/C=C/[C@H](O)[C@@H]2CC[C@H]2CN2CCCCc3cc(Cl)ccc3COc3ccc(cc32)C(=O)NS1(=O)=O. The summed E-state index contributed by atoms with van der Waals surface area (Å²) in [4.78, 5) is 15.6. The van der Waals surface area contributed by atoms with E-state index in [1.54, 1.807) is 37.3 Å². The first-order valence-electron chi connectivity index (χ1n) is 14.3. The molecule has 1 amide bonds. The Morgan fingerprint density at radius 3 is 2.76 bits per heavy atom. The number of ether oxygens (including phenoxy) is 2. The average Bonchev–Trinajstić information content (AvgIpc) is 2.93.